The van der Waals surface area contributed by atoms with Crippen LogP contribution in [0.15, 0.2) is 194 Å². The molecule has 0 heteroatoms. The van der Waals surface area contributed by atoms with Crippen LogP contribution in [0.4, 0.5) is 0 Å². The number of benzene rings is 9. The number of rotatable bonds is 5. The van der Waals surface area contributed by atoms with E-state index in [1.54, 1.807) is 0 Å². The molecule has 0 aromatic heterocycles. The second kappa shape index (κ2) is 11.8. The summed E-state index contributed by atoms with van der Waals surface area (Å²) in [5.74, 6) is 0. The Bertz CT molecular complexity index is 2550. The van der Waals surface area contributed by atoms with E-state index in [-0.39, 0.29) is 0 Å². The molecular weight excluding hydrogens is 577 g/mol. The van der Waals surface area contributed by atoms with Crippen LogP contribution in [0.1, 0.15) is 0 Å². The van der Waals surface area contributed by atoms with E-state index in [9.17, 15) is 0 Å². The summed E-state index contributed by atoms with van der Waals surface area (Å²) in [6.07, 6.45) is 0. The molecule has 9 aromatic carbocycles. The van der Waals surface area contributed by atoms with Crippen molar-refractivity contribution in [3.05, 3.63) is 194 Å². The highest BCUT2D eigenvalue weighted by atomic mass is 14.2. The van der Waals surface area contributed by atoms with Gasteiger partial charge >= 0.3 is 0 Å². The molecule has 0 atom stereocenters. The molecule has 0 bridgehead atoms. The topological polar surface area (TPSA) is 0 Å². The predicted octanol–water partition coefficient (Wildman–Crippen LogP) is 13.5. The third kappa shape index (κ3) is 5.05. The minimum absolute atomic E-state index is 1.22. The van der Waals surface area contributed by atoms with Gasteiger partial charge in [0, 0.05) is 0 Å². The quantitative estimate of drug-likeness (QED) is 0.171. The van der Waals surface area contributed by atoms with Crippen molar-refractivity contribution in [2.24, 2.45) is 0 Å². The van der Waals surface area contributed by atoms with Gasteiger partial charge in [0.05, 0.1) is 0 Å². The minimum atomic E-state index is 1.22. The van der Waals surface area contributed by atoms with Gasteiger partial charge in [0.15, 0.2) is 0 Å². The maximum atomic E-state index is 2.40. The van der Waals surface area contributed by atoms with E-state index < -0.39 is 0 Å². The van der Waals surface area contributed by atoms with Gasteiger partial charge in [0.25, 0.3) is 0 Å². The number of hydrogen-bond acceptors (Lipinski definition) is 0. The molecular formula is C48H32. The summed E-state index contributed by atoms with van der Waals surface area (Å²) in [5, 5.41) is 7.54. The normalized spacial score (nSPS) is 11.3. The average Bonchev–Trinajstić information content (AvgIpc) is 3.17. The summed E-state index contributed by atoms with van der Waals surface area (Å²) in [4.78, 5) is 0. The van der Waals surface area contributed by atoms with Crippen molar-refractivity contribution in [2.45, 2.75) is 0 Å². The molecule has 0 heterocycles. The largest absolute Gasteiger partial charge is 0.0622 e. The molecule has 0 nitrogen and oxygen atoms in total. The zero-order valence-corrected chi connectivity index (χ0v) is 26.5. The molecule has 48 heavy (non-hydrogen) atoms. The van der Waals surface area contributed by atoms with Crippen molar-refractivity contribution >= 4 is 32.3 Å². The fourth-order valence-electron chi connectivity index (χ4n) is 7.18. The molecule has 9 aromatic rings. The Balaban J connectivity index is 1.22. The van der Waals surface area contributed by atoms with Crippen LogP contribution < -0.4 is 0 Å². The Morgan fingerprint density at radius 3 is 1.23 bits per heavy atom. The Labute approximate surface area is 281 Å². The molecule has 0 spiro atoms. The van der Waals surface area contributed by atoms with Gasteiger partial charge in [-0.2, -0.15) is 0 Å². The van der Waals surface area contributed by atoms with Gasteiger partial charge < -0.3 is 0 Å². The van der Waals surface area contributed by atoms with Crippen LogP contribution in [-0.2, 0) is 0 Å². The van der Waals surface area contributed by atoms with Gasteiger partial charge in [-0.1, -0.05) is 176 Å². The lowest BCUT2D eigenvalue weighted by molar-refractivity contribution is 1.59. The first-order valence-electron chi connectivity index (χ1n) is 16.6. The maximum Gasteiger partial charge on any atom is -0.00928 e. The second-order valence-electron chi connectivity index (χ2n) is 12.5. The minimum Gasteiger partial charge on any atom is -0.0622 e. The van der Waals surface area contributed by atoms with E-state index in [1.165, 1.54) is 88.0 Å². The average molecular weight is 609 g/mol. The Hall–Kier alpha value is -6.24. The summed E-state index contributed by atoms with van der Waals surface area (Å²) < 4.78 is 0. The molecule has 0 radical (unpaired) electrons. The van der Waals surface area contributed by atoms with Gasteiger partial charge in [-0.05, 0) is 106 Å². The molecule has 9 rings (SSSR count). The SMILES string of the molecule is c1ccc(-c2ccc(-c3ccc(-c4ccc(-c5ccccc5)cc4)c4cc5cc(-c6cccc7ccccc67)ccc5cc34)cc2)cc1. The van der Waals surface area contributed by atoms with Crippen molar-refractivity contribution in [3.8, 4) is 55.6 Å². The molecule has 0 aliphatic carbocycles. The lowest BCUT2D eigenvalue weighted by atomic mass is 9.88. The van der Waals surface area contributed by atoms with Crippen molar-refractivity contribution in [1.82, 2.24) is 0 Å². The Kier molecular flexibility index (Phi) is 6.91. The molecule has 0 amide bonds. The van der Waals surface area contributed by atoms with Crippen LogP contribution in [0, 0.1) is 0 Å². The molecule has 0 N–H and O–H groups in total. The first-order chi connectivity index (χ1) is 23.8. The zero-order chi connectivity index (χ0) is 31.9. The van der Waals surface area contributed by atoms with Crippen LogP contribution in [0.2, 0.25) is 0 Å². The lowest BCUT2D eigenvalue weighted by Crippen LogP contribution is -1.89. The van der Waals surface area contributed by atoms with Gasteiger partial charge in [-0.3, -0.25) is 0 Å². The number of fused-ring (bicyclic) bond motifs is 3. The van der Waals surface area contributed by atoms with E-state index in [0.717, 1.165) is 0 Å². The Morgan fingerprint density at radius 1 is 0.188 bits per heavy atom. The van der Waals surface area contributed by atoms with Gasteiger partial charge in [-0.15, -0.1) is 0 Å². The zero-order valence-electron chi connectivity index (χ0n) is 26.5. The summed E-state index contributed by atoms with van der Waals surface area (Å²) in [7, 11) is 0. The summed E-state index contributed by atoms with van der Waals surface area (Å²) in [6.45, 7) is 0. The summed E-state index contributed by atoms with van der Waals surface area (Å²) in [5.41, 5.74) is 12.3. The fraction of sp³-hybridized carbons (Fsp3) is 0. The van der Waals surface area contributed by atoms with Gasteiger partial charge in [-0.25, -0.2) is 0 Å². The Morgan fingerprint density at radius 2 is 0.625 bits per heavy atom. The smallest absolute Gasteiger partial charge is 0.00928 e. The third-order valence-electron chi connectivity index (χ3n) is 9.68. The summed E-state index contributed by atoms with van der Waals surface area (Å²) in [6, 6.07) is 70.8. The third-order valence-corrected chi connectivity index (χ3v) is 9.68. The van der Waals surface area contributed by atoms with Crippen LogP contribution in [0.5, 0.6) is 0 Å². The first kappa shape index (κ1) is 28.0. The molecule has 0 aliphatic rings. The lowest BCUT2D eigenvalue weighted by Gasteiger charge is -2.15. The van der Waals surface area contributed by atoms with Gasteiger partial charge in [0.1, 0.15) is 0 Å². The standard InChI is InChI=1S/C48H32/c1-3-10-33(11-4-1)35-18-22-38(23-19-35)45-28-29-46(39-24-20-36(21-25-39)34-12-5-2-6-13-34)48-32-42-30-41(27-26-40(42)31-47(45)48)44-17-9-15-37-14-7-8-16-43(37)44/h1-32H. The van der Waals surface area contributed by atoms with Crippen LogP contribution in [-0.4, -0.2) is 0 Å². The predicted molar refractivity (Wildman–Crippen MR) is 206 cm³/mol. The van der Waals surface area contributed by atoms with E-state index >= 15 is 0 Å². The van der Waals surface area contributed by atoms with Crippen LogP contribution >= 0.6 is 0 Å². The van der Waals surface area contributed by atoms with Crippen molar-refractivity contribution < 1.29 is 0 Å². The monoisotopic (exact) mass is 608 g/mol. The second-order valence-corrected chi connectivity index (χ2v) is 12.5. The van der Waals surface area contributed by atoms with Crippen molar-refractivity contribution in [1.29, 1.82) is 0 Å². The fourth-order valence-corrected chi connectivity index (χ4v) is 7.18. The highest BCUT2D eigenvalue weighted by Crippen LogP contribution is 2.40. The van der Waals surface area contributed by atoms with Crippen LogP contribution in [0.25, 0.3) is 88.0 Å². The first-order valence-corrected chi connectivity index (χ1v) is 16.6. The van der Waals surface area contributed by atoms with E-state index in [1.807, 2.05) is 0 Å². The van der Waals surface area contributed by atoms with Crippen molar-refractivity contribution in [2.75, 3.05) is 0 Å². The van der Waals surface area contributed by atoms with E-state index in [2.05, 4.69) is 194 Å². The molecule has 224 valence electrons. The highest BCUT2D eigenvalue weighted by molar-refractivity contribution is 6.12. The summed E-state index contributed by atoms with van der Waals surface area (Å²) >= 11 is 0. The van der Waals surface area contributed by atoms with E-state index in [0.29, 0.717) is 0 Å². The molecule has 0 saturated carbocycles. The molecule has 0 fully saturated rings. The molecule has 0 unspecified atom stereocenters. The molecule has 0 aliphatic heterocycles. The highest BCUT2D eigenvalue weighted by Gasteiger charge is 2.13. The van der Waals surface area contributed by atoms with E-state index in [4.69, 9.17) is 0 Å². The van der Waals surface area contributed by atoms with Crippen LogP contribution in [0.3, 0.4) is 0 Å². The molecule has 0 saturated heterocycles. The maximum absolute atomic E-state index is 2.40. The van der Waals surface area contributed by atoms with Gasteiger partial charge in [0.2, 0.25) is 0 Å². The number of hydrogen-bond donors (Lipinski definition) is 0. The van der Waals surface area contributed by atoms with Crippen molar-refractivity contribution in [3.63, 3.8) is 0 Å².